The molecule has 0 radical (unpaired) electrons. The van der Waals surface area contributed by atoms with Gasteiger partial charge in [0, 0.05) is 37.7 Å². The van der Waals surface area contributed by atoms with Crippen LogP contribution in [0.25, 0.3) is 0 Å². The van der Waals surface area contributed by atoms with E-state index in [1.807, 2.05) is 0 Å². The molecular formula is C22H24ClN3O2. The molecule has 2 saturated heterocycles. The van der Waals surface area contributed by atoms with E-state index in [2.05, 4.69) is 41.0 Å². The van der Waals surface area contributed by atoms with Crippen LogP contribution in [0.5, 0.6) is 0 Å². The van der Waals surface area contributed by atoms with Crippen molar-refractivity contribution in [2.45, 2.75) is 25.9 Å². The highest BCUT2D eigenvalue weighted by Crippen LogP contribution is 2.27. The maximum absolute atomic E-state index is 12.9. The zero-order valence-corrected chi connectivity index (χ0v) is 16.7. The third-order valence-electron chi connectivity index (χ3n) is 5.54. The summed E-state index contributed by atoms with van der Waals surface area (Å²) in [6.45, 7) is 6.41. The van der Waals surface area contributed by atoms with Crippen LogP contribution in [0.2, 0.25) is 5.02 Å². The van der Waals surface area contributed by atoms with Gasteiger partial charge in [0.1, 0.15) is 0 Å². The van der Waals surface area contributed by atoms with Gasteiger partial charge in [-0.15, -0.1) is 0 Å². The summed E-state index contributed by atoms with van der Waals surface area (Å²) in [5.74, 6) is -0.265. The van der Waals surface area contributed by atoms with Crippen molar-refractivity contribution < 1.29 is 9.59 Å². The Kier molecular flexibility index (Phi) is 5.49. The summed E-state index contributed by atoms with van der Waals surface area (Å²) in [6, 6.07) is 15.1. The summed E-state index contributed by atoms with van der Waals surface area (Å²) in [5, 5.41) is 0.587. The van der Waals surface area contributed by atoms with Crippen molar-refractivity contribution in [3.8, 4) is 0 Å². The third-order valence-corrected chi connectivity index (χ3v) is 5.80. The highest BCUT2D eigenvalue weighted by molar-refractivity contribution is 6.30. The number of halogens is 1. The van der Waals surface area contributed by atoms with Crippen LogP contribution < -0.4 is 4.90 Å². The molecule has 0 unspecified atom stereocenters. The molecule has 0 N–H and O–H groups in total. The summed E-state index contributed by atoms with van der Waals surface area (Å²) in [7, 11) is 0. The van der Waals surface area contributed by atoms with Crippen molar-refractivity contribution in [3.05, 3.63) is 64.7 Å². The van der Waals surface area contributed by atoms with Crippen molar-refractivity contribution in [3.63, 3.8) is 0 Å². The largest absolute Gasteiger partial charge is 0.297 e. The molecule has 0 saturated carbocycles. The van der Waals surface area contributed by atoms with Gasteiger partial charge in [-0.3, -0.25) is 19.4 Å². The standard InChI is InChI=1S/C22H24ClN3O2/c1-16-3-2-4-17(13-16)15-24-9-11-25(12-10-24)20-14-21(27)26(22(20)28)19-7-5-18(23)6-8-19/h2-8,13,20H,9-12,14-15H2,1H3/t20-/m1/s1. The number of carbonyl (C=O) groups excluding carboxylic acids is 2. The summed E-state index contributed by atoms with van der Waals surface area (Å²) >= 11 is 5.92. The highest BCUT2D eigenvalue weighted by Gasteiger charge is 2.43. The molecule has 0 bridgehead atoms. The topological polar surface area (TPSA) is 43.9 Å². The van der Waals surface area contributed by atoms with E-state index in [1.165, 1.54) is 16.0 Å². The molecule has 28 heavy (non-hydrogen) atoms. The minimum Gasteiger partial charge on any atom is -0.297 e. The number of anilines is 1. The van der Waals surface area contributed by atoms with Crippen LogP contribution in [0.15, 0.2) is 48.5 Å². The second-order valence-electron chi connectivity index (χ2n) is 7.56. The predicted octanol–water partition coefficient (Wildman–Crippen LogP) is 3.10. The van der Waals surface area contributed by atoms with E-state index in [-0.39, 0.29) is 24.3 Å². The first-order valence-corrected chi connectivity index (χ1v) is 10.0. The average molecular weight is 398 g/mol. The van der Waals surface area contributed by atoms with Crippen LogP contribution in [0.1, 0.15) is 17.5 Å². The van der Waals surface area contributed by atoms with Crippen LogP contribution in [0.3, 0.4) is 0 Å². The zero-order valence-electron chi connectivity index (χ0n) is 16.0. The molecule has 2 aliphatic heterocycles. The normalized spacial score (nSPS) is 21.5. The van der Waals surface area contributed by atoms with Crippen molar-refractivity contribution in [1.29, 1.82) is 0 Å². The van der Waals surface area contributed by atoms with Gasteiger partial charge in [0.05, 0.1) is 18.2 Å². The summed E-state index contributed by atoms with van der Waals surface area (Å²) in [4.78, 5) is 31.3. The highest BCUT2D eigenvalue weighted by atomic mass is 35.5. The molecule has 0 spiro atoms. The number of hydrogen-bond donors (Lipinski definition) is 0. The summed E-state index contributed by atoms with van der Waals surface area (Å²) in [6.07, 6.45) is 0.249. The van der Waals surface area contributed by atoms with Gasteiger partial charge in [-0.2, -0.15) is 0 Å². The lowest BCUT2D eigenvalue weighted by atomic mass is 10.1. The van der Waals surface area contributed by atoms with Crippen LogP contribution in [-0.4, -0.2) is 53.8 Å². The molecule has 2 heterocycles. The third kappa shape index (κ3) is 3.97. The van der Waals surface area contributed by atoms with Gasteiger partial charge in [-0.1, -0.05) is 41.4 Å². The van der Waals surface area contributed by atoms with E-state index in [9.17, 15) is 9.59 Å². The smallest absolute Gasteiger partial charge is 0.251 e. The van der Waals surface area contributed by atoms with Crippen molar-refractivity contribution in [1.82, 2.24) is 9.80 Å². The Morgan fingerprint density at radius 1 is 1.00 bits per heavy atom. The molecule has 0 aliphatic carbocycles. The van der Waals surface area contributed by atoms with Crippen LogP contribution >= 0.6 is 11.6 Å². The number of benzene rings is 2. The zero-order chi connectivity index (χ0) is 19.7. The SMILES string of the molecule is Cc1cccc(CN2CCN([C@@H]3CC(=O)N(c4ccc(Cl)cc4)C3=O)CC2)c1. The van der Waals surface area contributed by atoms with E-state index >= 15 is 0 Å². The number of nitrogens with zero attached hydrogens (tertiary/aromatic N) is 3. The predicted molar refractivity (Wildman–Crippen MR) is 110 cm³/mol. The van der Waals surface area contributed by atoms with E-state index in [0.29, 0.717) is 10.7 Å². The lowest BCUT2D eigenvalue weighted by Gasteiger charge is -2.37. The maximum atomic E-state index is 12.9. The first-order valence-electron chi connectivity index (χ1n) is 9.65. The molecular weight excluding hydrogens is 374 g/mol. The monoisotopic (exact) mass is 397 g/mol. The second kappa shape index (κ2) is 8.03. The lowest BCUT2D eigenvalue weighted by Crippen LogP contribution is -2.52. The minimum absolute atomic E-state index is 0.126. The number of hydrogen-bond acceptors (Lipinski definition) is 4. The summed E-state index contributed by atoms with van der Waals surface area (Å²) in [5.41, 5.74) is 3.18. The van der Waals surface area contributed by atoms with E-state index in [1.54, 1.807) is 24.3 Å². The number of aryl methyl sites for hydroxylation is 1. The van der Waals surface area contributed by atoms with Crippen LogP contribution in [0.4, 0.5) is 5.69 Å². The van der Waals surface area contributed by atoms with Gasteiger partial charge >= 0.3 is 0 Å². The molecule has 2 amide bonds. The Balaban J connectivity index is 1.37. The number of amides is 2. The first-order chi connectivity index (χ1) is 13.5. The van der Waals surface area contributed by atoms with Gasteiger partial charge < -0.3 is 0 Å². The number of rotatable bonds is 4. The molecule has 5 nitrogen and oxygen atoms in total. The number of piperazine rings is 1. The van der Waals surface area contributed by atoms with Crippen molar-refractivity contribution in [2.75, 3.05) is 31.1 Å². The van der Waals surface area contributed by atoms with Crippen LogP contribution in [-0.2, 0) is 16.1 Å². The Labute approximate surface area is 170 Å². The Bertz CT molecular complexity index is 876. The molecule has 146 valence electrons. The Hall–Kier alpha value is -2.21. The molecule has 0 aromatic heterocycles. The lowest BCUT2D eigenvalue weighted by molar-refractivity contribution is -0.123. The number of carbonyl (C=O) groups is 2. The van der Waals surface area contributed by atoms with E-state index in [0.717, 1.165) is 32.7 Å². The Morgan fingerprint density at radius 3 is 2.39 bits per heavy atom. The minimum atomic E-state index is -0.357. The molecule has 2 aliphatic rings. The quantitative estimate of drug-likeness (QED) is 0.743. The molecule has 2 aromatic carbocycles. The van der Waals surface area contributed by atoms with Crippen LogP contribution in [0, 0.1) is 6.92 Å². The fraction of sp³-hybridized carbons (Fsp3) is 0.364. The van der Waals surface area contributed by atoms with Crippen molar-refractivity contribution >= 4 is 29.1 Å². The summed E-state index contributed by atoms with van der Waals surface area (Å²) < 4.78 is 0. The maximum Gasteiger partial charge on any atom is 0.251 e. The average Bonchev–Trinajstić information content (AvgIpc) is 2.98. The van der Waals surface area contributed by atoms with Gasteiger partial charge in [-0.25, -0.2) is 4.90 Å². The van der Waals surface area contributed by atoms with Gasteiger partial charge in [0.15, 0.2) is 0 Å². The fourth-order valence-corrected chi connectivity index (χ4v) is 4.19. The molecule has 4 rings (SSSR count). The van der Waals surface area contributed by atoms with Gasteiger partial charge in [0.2, 0.25) is 5.91 Å². The molecule has 2 fully saturated rings. The second-order valence-corrected chi connectivity index (χ2v) is 8.00. The Morgan fingerprint density at radius 2 is 1.71 bits per heavy atom. The first kappa shape index (κ1) is 19.1. The fourth-order valence-electron chi connectivity index (χ4n) is 4.06. The van der Waals surface area contributed by atoms with Gasteiger partial charge in [-0.05, 0) is 36.8 Å². The molecule has 6 heteroatoms. The van der Waals surface area contributed by atoms with E-state index < -0.39 is 0 Å². The molecule has 2 aromatic rings. The van der Waals surface area contributed by atoms with Crippen molar-refractivity contribution in [2.24, 2.45) is 0 Å². The van der Waals surface area contributed by atoms with Gasteiger partial charge in [0.25, 0.3) is 5.91 Å². The number of imide groups is 1. The molecule has 1 atom stereocenters. The van der Waals surface area contributed by atoms with E-state index in [4.69, 9.17) is 11.6 Å².